The highest BCUT2D eigenvalue weighted by Gasteiger charge is 2.21. The van der Waals surface area contributed by atoms with E-state index >= 15 is 0 Å². The number of anilines is 1. The molecule has 1 N–H and O–H groups in total. The van der Waals surface area contributed by atoms with Crippen molar-refractivity contribution in [3.63, 3.8) is 0 Å². The quantitative estimate of drug-likeness (QED) is 0.591. The van der Waals surface area contributed by atoms with Gasteiger partial charge in [0.2, 0.25) is 21.3 Å². The summed E-state index contributed by atoms with van der Waals surface area (Å²) in [6.45, 7) is 3.25. The Kier molecular flexibility index (Phi) is 6.34. The van der Waals surface area contributed by atoms with Crippen LogP contribution < -0.4 is 15.0 Å². The van der Waals surface area contributed by atoms with Gasteiger partial charge in [-0.2, -0.15) is 9.97 Å². The molecule has 2 heterocycles. The number of pyridine rings is 1. The lowest BCUT2D eigenvalue weighted by atomic mass is 10.2. The zero-order valence-corrected chi connectivity index (χ0v) is 17.8. The van der Waals surface area contributed by atoms with Crippen LogP contribution in [-0.4, -0.2) is 28.2 Å². The van der Waals surface area contributed by atoms with Crippen LogP contribution in [0.1, 0.15) is 20.3 Å². The highest BCUT2D eigenvalue weighted by molar-refractivity contribution is 7.93. The number of hydrogen-bond donors (Lipinski definition) is 1. The summed E-state index contributed by atoms with van der Waals surface area (Å²) in [5.41, 5.74) is 0.354. The molecule has 3 aromatic rings. The van der Waals surface area contributed by atoms with E-state index in [0.29, 0.717) is 12.0 Å². The molecular weight excluding hydrogens is 430 g/mol. The largest absolute Gasteiger partial charge is 0.418 e. The van der Waals surface area contributed by atoms with Crippen LogP contribution in [0.2, 0.25) is 0 Å². The van der Waals surface area contributed by atoms with E-state index in [1.54, 1.807) is 6.92 Å². The average Bonchev–Trinajstić information content (AvgIpc) is 2.71. The molecule has 0 amide bonds. The van der Waals surface area contributed by atoms with E-state index in [0.717, 1.165) is 12.1 Å². The van der Waals surface area contributed by atoms with Gasteiger partial charge in [0.05, 0.1) is 10.9 Å². The fourth-order valence-electron chi connectivity index (χ4n) is 2.55. The lowest BCUT2D eigenvalue weighted by Crippen LogP contribution is -2.25. The summed E-state index contributed by atoms with van der Waals surface area (Å²) >= 11 is 0. The molecule has 2 aromatic heterocycles. The van der Waals surface area contributed by atoms with E-state index in [2.05, 4.69) is 14.7 Å². The van der Waals surface area contributed by atoms with Crippen LogP contribution in [0.4, 0.5) is 14.6 Å². The number of nitrogens with one attached hydrogen (secondary N) is 1. The van der Waals surface area contributed by atoms with Crippen molar-refractivity contribution in [2.24, 2.45) is 7.05 Å². The maximum absolute atomic E-state index is 14.0. The molecule has 0 aliphatic heterocycles. The minimum atomic E-state index is -3.78. The molecule has 1 aromatic carbocycles. The van der Waals surface area contributed by atoms with Crippen LogP contribution in [0.15, 0.2) is 47.4 Å². The number of nitrogens with zero attached hydrogens (tertiary/aromatic N) is 3. The van der Waals surface area contributed by atoms with Crippen LogP contribution in [0.25, 0.3) is 11.3 Å². The van der Waals surface area contributed by atoms with Gasteiger partial charge in [0.1, 0.15) is 5.82 Å². The molecule has 0 saturated heterocycles. The lowest BCUT2D eigenvalue weighted by Gasteiger charge is -2.14. The Morgan fingerprint density at radius 1 is 1.16 bits per heavy atom. The molecule has 0 radical (unpaired) electrons. The topological polar surface area (TPSA) is 103 Å². The van der Waals surface area contributed by atoms with Crippen LogP contribution in [-0.2, 0) is 17.1 Å². The molecule has 8 nitrogen and oxygen atoms in total. The standard InChI is InChI=1S/C20H20F2N4O4S/c1-4-12(2)31(28,29)25-17-10-16(13-8-9-18(27)26(3)11-13)23-20(24-17)30-19-14(21)6-5-7-15(19)22/h5-12H,4H2,1-3H3,(H,23,24,25)/t12-/m1/s1. The summed E-state index contributed by atoms with van der Waals surface area (Å²) < 4.78 is 61.8. The summed E-state index contributed by atoms with van der Waals surface area (Å²) in [6.07, 6.45) is 1.84. The van der Waals surface area contributed by atoms with Crippen molar-refractivity contribution < 1.29 is 21.9 Å². The van der Waals surface area contributed by atoms with Crippen LogP contribution in [0.5, 0.6) is 11.8 Å². The molecule has 164 valence electrons. The van der Waals surface area contributed by atoms with Crippen LogP contribution in [0, 0.1) is 11.6 Å². The Balaban J connectivity index is 2.11. The van der Waals surface area contributed by atoms with Crippen LogP contribution in [0.3, 0.4) is 0 Å². The Labute approximate surface area is 177 Å². The molecule has 31 heavy (non-hydrogen) atoms. The Hall–Kier alpha value is -3.34. The van der Waals surface area contributed by atoms with E-state index in [1.165, 1.54) is 49.0 Å². The SMILES string of the molecule is CC[C@@H](C)S(=O)(=O)Nc1cc(-c2ccc(=O)n(C)c2)nc(Oc2c(F)cccc2F)n1. The highest BCUT2D eigenvalue weighted by Crippen LogP contribution is 2.29. The second-order valence-electron chi connectivity index (χ2n) is 6.81. The number of aromatic nitrogens is 3. The van der Waals surface area contributed by atoms with Crippen molar-refractivity contribution in [3.05, 3.63) is 64.6 Å². The van der Waals surface area contributed by atoms with Gasteiger partial charge in [-0.05, 0) is 31.5 Å². The number of ether oxygens (including phenoxy) is 1. The summed E-state index contributed by atoms with van der Waals surface area (Å²) in [7, 11) is -2.25. The van der Waals surface area contributed by atoms with Crippen molar-refractivity contribution >= 4 is 15.8 Å². The molecule has 11 heteroatoms. The van der Waals surface area contributed by atoms with Gasteiger partial charge in [-0.15, -0.1) is 0 Å². The lowest BCUT2D eigenvalue weighted by molar-refractivity contribution is 0.383. The molecule has 0 aliphatic carbocycles. The summed E-state index contributed by atoms with van der Waals surface area (Å²) in [4.78, 5) is 19.8. The van der Waals surface area contributed by atoms with Gasteiger partial charge in [0, 0.05) is 30.9 Å². The second-order valence-corrected chi connectivity index (χ2v) is 8.91. The average molecular weight is 450 g/mol. The van der Waals surface area contributed by atoms with Crippen molar-refractivity contribution in [2.75, 3.05) is 4.72 Å². The molecule has 0 spiro atoms. The van der Waals surface area contributed by atoms with E-state index in [9.17, 15) is 22.0 Å². The first-order valence-corrected chi connectivity index (χ1v) is 10.8. The van der Waals surface area contributed by atoms with Crippen molar-refractivity contribution in [3.8, 4) is 23.0 Å². The van der Waals surface area contributed by atoms with E-state index in [-0.39, 0.29) is 17.1 Å². The Morgan fingerprint density at radius 2 is 1.84 bits per heavy atom. The first-order chi connectivity index (χ1) is 14.6. The molecule has 0 saturated carbocycles. The fourth-order valence-corrected chi connectivity index (χ4v) is 3.59. The maximum atomic E-state index is 14.0. The summed E-state index contributed by atoms with van der Waals surface area (Å²) in [5, 5.41) is -0.711. The monoisotopic (exact) mass is 450 g/mol. The van der Waals surface area contributed by atoms with Gasteiger partial charge in [-0.3, -0.25) is 9.52 Å². The van der Waals surface area contributed by atoms with E-state index < -0.39 is 38.7 Å². The highest BCUT2D eigenvalue weighted by atomic mass is 32.2. The molecular formula is C20H20F2N4O4S. The minimum absolute atomic E-state index is 0.147. The van der Waals surface area contributed by atoms with Gasteiger partial charge in [-0.1, -0.05) is 13.0 Å². The number of rotatable bonds is 7. The molecule has 1 atom stereocenters. The Morgan fingerprint density at radius 3 is 2.45 bits per heavy atom. The van der Waals surface area contributed by atoms with Crippen molar-refractivity contribution in [1.29, 1.82) is 0 Å². The predicted molar refractivity (Wildman–Crippen MR) is 111 cm³/mol. The van der Waals surface area contributed by atoms with E-state index in [1.807, 2.05) is 0 Å². The zero-order chi connectivity index (χ0) is 22.8. The Bertz CT molecular complexity index is 1260. The third kappa shape index (κ3) is 5.05. The number of aryl methyl sites for hydroxylation is 1. The van der Waals surface area contributed by atoms with Gasteiger partial charge in [0.25, 0.3) is 0 Å². The number of hydrogen-bond acceptors (Lipinski definition) is 6. The van der Waals surface area contributed by atoms with Gasteiger partial charge < -0.3 is 9.30 Å². The third-order valence-electron chi connectivity index (χ3n) is 4.55. The number of benzene rings is 1. The number of sulfonamides is 1. The summed E-state index contributed by atoms with van der Waals surface area (Å²) in [5.74, 6) is -2.82. The maximum Gasteiger partial charge on any atom is 0.324 e. The molecule has 0 fully saturated rings. The normalized spacial score (nSPS) is 12.4. The number of halogens is 2. The second kappa shape index (κ2) is 8.80. The van der Waals surface area contributed by atoms with E-state index in [4.69, 9.17) is 4.74 Å². The van der Waals surface area contributed by atoms with Crippen molar-refractivity contribution in [1.82, 2.24) is 14.5 Å². The minimum Gasteiger partial charge on any atom is -0.418 e. The molecule has 0 aliphatic rings. The molecule has 0 unspecified atom stereocenters. The first-order valence-electron chi connectivity index (χ1n) is 9.30. The number of para-hydroxylation sites is 1. The van der Waals surface area contributed by atoms with Gasteiger partial charge in [0.15, 0.2) is 11.6 Å². The van der Waals surface area contributed by atoms with Gasteiger partial charge in [-0.25, -0.2) is 17.2 Å². The fraction of sp³-hybridized carbons (Fsp3) is 0.250. The molecule has 0 bridgehead atoms. The first kappa shape index (κ1) is 22.3. The van der Waals surface area contributed by atoms with Gasteiger partial charge >= 0.3 is 6.01 Å². The van der Waals surface area contributed by atoms with Crippen molar-refractivity contribution in [2.45, 2.75) is 25.5 Å². The van der Waals surface area contributed by atoms with Crippen LogP contribution >= 0.6 is 0 Å². The predicted octanol–water partition coefficient (Wildman–Crippen LogP) is 3.45. The zero-order valence-electron chi connectivity index (χ0n) is 17.0. The third-order valence-corrected chi connectivity index (χ3v) is 6.44. The smallest absolute Gasteiger partial charge is 0.324 e. The molecule has 3 rings (SSSR count). The summed E-state index contributed by atoms with van der Waals surface area (Å²) in [6, 6.07) is 6.82.